The van der Waals surface area contributed by atoms with Crippen molar-refractivity contribution in [3.05, 3.63) is 22.7 Å². The van der Waals surface area contributed by atoms with Gasteiger partial charge in [-0.15, -0.1) is 0 Å². The van der Waals surface area contributed by atoms with Gasteiger partial charge >= 0.3 is 21.3 Å². The van der Waals surface area contributed by atoms with E-state index >= 15 is 0 Å². The van der Waals surface area contributed by atoms with Crippen LogP contribution in [0.1, 0.15) is 6.23 Å². The minimum absolute atomic E-state index is 0.131. The van der Waals surface area contributed by atoms with Crippen LogP contribution in [-0.4, -0.2) is 59.4 Å². The number of aliphatic hydroxyl groups excluding tert-OH is 2. The molecular weight excluding hydrogens is 388 g/mol. The fraction of sp³-hybridized carbons (Fsp3) is 0.556. The first-order valence-corrected chi connectivity index (χ1v) is 9.53. The van der Waals surface area contributed by atoms with Crippen LogP contribution in [0.15, 0.2) is 17.1 Å². The standard InChI is InChI=1S/C9H15N3O11P2/c10-5-1-2-12(9(15)11-5)8-7(6(14)4(3-13)21-8)22-25(19,20)23-24(16,17)18/h1-2,4,6-8,13-14H,3H2,(H,19,20)(H2,10,11,15)(H2,16,17,18)/t4-,6-,7+,8-/m1/s1. The zero-order valence-electron chi connectivity index (χ0n) is 12.2. The average molecular weight is 403 g/mol. The van der Waals surface area contributed by atoms with E-state index in [1.807, 2.05) is 0 Å². The monoisotopic (exact) mass is 403 g/mol. The molecule has 7 N–H and O–H groups in total. The largest absolute Gasteiger partial charge is 0.481 e. The summed E-state index contributed by atoms with van der Waals surface area (Å²) in [6, 6.07) is 1.19. The van der Waals surface area contributed by atoms with E-state index < -0.39 is 52.5 Å². The lowest BCUT2D eigenvalue weighted by Gasteiger charge is -2.23. The normalized spacial score (nSPS) is 29.5. The highest BCUT2D eigenvalue weighted by Crippen LogP contribution is 2.59. The second-order valence-corrected chi connectivity index (χ2v) is 7.67. The number of aromatic nitrogens is 2. The van der Waals surface area contributed by atoms with E-state index in [1.165, 1.54) is 6.07 Å². The van der Waals surface area contributed by atoms with E-state index in [0.29, 0.717) is 0 Å². The van der Waals surface area contributed by atoms with Crippen molar-refractivity contribution in [2.45, 2.75) is 24.5 Å². The third kappa shape index (κ3) is 4.92. The Morgan fingerprint density at radius 2 is 2.00 bits per heavy atom. The van der Waals surface area contributed by atoms with Crippen LogP contribution in [0, 0.1) is 0 Å². The van der Waals surface area contributed by atoms with E-state index in [0.717, 1.165) is 10.8 Å². The number of nitrogens with two attached hydrogens (primary N) is 1. The SMILES string of the molecule is Nc1ccn([C@@H]2O[C@H](CO)[C@@H](O)[C@@H]2OP(=O)(O)OP(=O)(O)O)c(=O)n1. The Hall–Kier alpha value is -1.18. The number of rotatable bonds is 6. The average Bonchev–Trinajstić information content (AvgIpc) is 2.73. The maximum atomic E-state index is 11.9. The highest BCUT2D eigenvalue weighted by Gasteiger charge is 2.50. The summed E-state index contributed by atoms with van der Waals surface area (Å²) >= 11 is 0. The molecule has 5 atom stereocenters. The van der Waals surface area contributed by atoms with Gasteiger partial charge in [-0.05, 0) is 6.07 Å². The third-order valence-electron chi connectivity index (χ3n) is 3.08. The number of phosphoric ester groups is 1. The first kappa shape index (κ1) is 20.1. The van der Waals surface area contributed by atoms with Gasteiger partial charge < -0.3 is 35.4 Å². The maximum Gasteiger partial charge on any atom is 0.481 e. The van der Waals surface area contributed by atoms with Crippen LogP contribution in [0.3, 0.4) is 0 Å². The molecule has 0 saturated carbocycles. The zero-order chi connectivity index (χ0) is 19.0. The molecule has 16 heteroatoms. The molecule has 0 amide bonds. The summed E-state index contributed by atoms with van der Waals surface area (Å²) in [5, 5.41) is 19.2. The number of aliphatic hydroxyl groups is 2. The van der Waals surface area contributed by atoms with Gasteiger partial charge in [0.2, 0.25) is 0 Å². The Morgan fingerprint density at radius 3 is 2.52 bits per heavy atom. The summed E-state index contributed by atoms with van der Waals surface area (Å²) in [7, 11) is -10.8. The van der Waals surface area contributed by atoms with Crippen molar-refractivity contribution in [1.82, 2.24) is 9.55 Å². The molecule has 2 heterocycles. The van der Waals surface area contributed by atoms with E-state index in [9.17, 15) is 23.9 Å². The van der Waals surface area contributed by atoms with E-state index in [2.05, 4.69) is 13.8 Å². The van der Waals surface area contributed by atoms with Gasteiger partial charge in [0.25, 0.3) is 0 Å². The van der Waals surface area contributed by atoms with Crippen molar-refractivity contribution in [1.29, 1.82) is 0 Å². The molecule has 0 aromatic carbocycles. The van der Waals surface area contributed by atoms with Crippen LogP contribution in [0.25, 0.3) is 0 Å². The summed E-state index contributed by atoms with van der Waals surface area (Å²) in [5.74, 6) is -0.131. The number of nitrogens with zero attached hydrogens (tertiary/aromatic N) is 2. The van der Waals surface area contributed by atoms with E-state index in [4.69, 9.17) is 25.4 Å². The number of anilines is 1. The summed E-state index contributed by atoms with van der Waals surface area (Å²) < 4.78 is 36.6. The predicted molar refractivity (Wildman–Crippen MR) is 77.7 cm³/mol. The molecule has 1 fully saturated rings. The first-order chi connectivity index (χ1) is 11.4. The molecule has 142 valence electrons. The number of hydrogen-bond donors (Lipinski definition) is 6. The quantitative estimate of drug-likeness (QED) is 0.274. The van der Waals surface area contributed by atoms with Crippen LogP contribution in [0.2, 0.25) is 0 Å². The Bertz CT molecular complexity index is 778. The lowest BCUT2D eigenvalue weighted by Crippen LogP contribution is -2.37. The Labute approximate surface area is 139 Å². The van der Waals surface area contributed by atoms with E-state index in [1.54, 1.807) is 0 Å². The first-order valence-electron chi connectivity index (χ1n) is 6.50. The van der Waals surface area contributed by atoms with Gasteiger partial charge in [0.15, 0.2) is 6.23 Å². The predicted octanol–water partition coefficient (Wildman–Crippen LogP) is -2.33. The van der Waals surface area contributed by atoms with Gasteiger partial charge in [-0.1, -0.05) is 0 Å². The lowest BCUT2D eigenvalue weighted by molar-refractivity contribution is -0.0542. The van der Waals surface area contributed by atoms with Crippen LogP contribution >= 0.6 is 15.6 Å². The molecule has 1 aromatic rings. The Balaban J connectivity index is 2.35. The van der Waals surface area contributed by atoms with Gasteiger partial charge in [0.1, 0.15) is 24.1 Å². The molecular formula is C9H15N3O11P2. The zero-order valence-corrected chi connectivity index (χ0v) is 14.0. The van der Waals surface area contributed by atoms with Gasteiger partial charge in [0, 0.05) is 6.20 Å². The molecule has 1 aliphatic heterocycles. The van der Waals surface area contributed by atoms with Crippen molar-refractivity contribution in [3.63, 3.8) is 0 Å². The molecule has 1 unspecified atom stereocenters. The number of hydrogen-bond acceptors (Lipinski definition) is 10. The molecule has 2 rings (SSSR count). The topological polar surface area (TPSA) is 224 Å². The second kappa shape index (κ2) is 7.21. The molecule has 0 radical (unpaired) electrons. The van der Waals surface area contributed by atoms with Crippen molar-refractivity contribution in [3.8, 4) is 0 Å². The third-order valence-corrected chi connectivity index (χ3v) is 5.27. The molecule has 1 aliphatic rings. The Kier molecular flexibility index (Phi) is 5.81. The minimum Gasteiger partial charge on any atom is -0.394 e. The molecule has 14 nitrogen and oxygen atoms in total. The second-order valence-electron chi connectivity index (χ2n) is 4.89. The molecule has 0 spiro atoms. The lowest BCUT2D eigenvalue weighted by atomic mass is 10.1. The van der Waals surface area contributed by atoms with Crippen molar-refractivity contribution in [2.24, 2.45) is 0 Å². The van der Waals surface area contributed by atoms with Crippen LogP contribution in [0.5, 0.6) is 0 Å². The smallest absolute Gasteiger partial charge is 0.394 e. The van der Waals surface area contributed by atoms with Crippen LogP contribution < -0.4 is 11.4 Å². The van der Waals surface area contributed by atoms with Crippen LogP contribution in [0.4, 0.5) is 5.82 Å². The van der Waals surface area contributed by atoms with Crippen molar-refractivity contribution < 1.29 is 47.6 Å². The Morgan fingerprint density at radius 1 is 1.36 bits per heavy atom. The molecule has 25 heavy (non-hydrogen) atoms. The number of ether oxygens (including phenoxy) is 1. The van der Waals surface area contributed by atoms with E-state index in [-0.39, 0.29) is 5.82 Å². The summed E-state index contributed by atoms with van der Waals surface area (Å²) in [4.78, 5) is 41.9. The highest BCUT2D eigenvalue weighted by atomic mass is 31.3. The molecule has 0 aliphatic carbocycles. The van der Waals surface area contributed by atoms with Crippen molar-refractivity contribution >= 4 is 21.5 Å². The fourth-order valence-electron chi connectivity index (χ4n) is 2.13. The fourth-order valence-corrected chi connectivity index (χ4v) is 3.90. The van der Waals surface area contributed by atoms with Gasteiger partial charge in [-0.2, -0.15) is 9.29 Å². The highest BCUT2D eigenvalue weighted by molar-refractivity contribution is 7.60. The van der Waals surface area contributed by atoms with Gasteiger partial charge in [-0.3, -0.25) is 9.09 Å². The van der Waals surface area contributed by atoms with Crippen LogP contribution in [-0.2, 0) is 22.7 Å². The van der Waals surface area contributed by atoms with Gasteiger partial charge in [-0.25, -0.2) is 13.9 Å². The van der Waals surface area contributed by atoms with Crippen molar-refractivity contribution in [2.75, 3.05) is 12.3 Å². The minimum atomic E-state index is -5.40. The number of nitrogen functional groups attached to an aromatic ring is 1. The summed E-state index contributed by atoms with van der Waals surface area (Å²) in [5.41, 5.74) is 4.37. The molecule has 0 bridgehead atoms. The molecule has 1 saturated heterocycles. The van der Waals surface area contributed by atoms with Gasteiger partial charge in [0.05, 0.1) is 6.61 Å². The molecule has 1 aromatic heterocycles. The summed E-state index contributed by atoms with van der Waals surface area (Å²) in [6.45, 7) is -0.746. The maximum absolute atomic E-state index is 11.9. The number of phosphoric acid groups is 2. The summed E-state index contributed by atoms with van der Waals surface area (Å²) in [6.07, 6.45) is -5.34.